The van der Waals surface area contributed by atoms with Crippen molar-refractivity contribution in [1.82, 2.24) is 15.2 Å². The number of carbonyl (C=O) groups excluding carboxylic acids is 4. The molecule has 2 atom stereocenters. The zero-order chi connectivity index (χ0) is 35.7. The lowest BCUT2D eigenvalue weighted by molar-refractivity contribution is -0.145. The lowest BCUT2D eigenvalue weighted by Crippen LogP contribution is -2.60. The van der Waals surface area contributed by atoms with Crippen LogP contribution in [0.15, 0.2) is 53.6 Å². The first-order valence-electron chi connectivity index (χ1n) is 14.6. The van der Waals surface area contributed by atoms with E-state index < -0.39 is 77.2 Å². The summed E-state index contributed by atoms with van der Waals surface area (Å²) in [4.78, 5) is 53.4. The van der Waals surface area contributed by atoms with Gasteiger partial charge in [0.05, 0.1) is 23.4 Å². The molecule has 2 aromatic carbocycles. The average Bonchev–Trinajstić information content (AvgIpc) is 3.23. The van der Waals surface area contributed by atoms with Crippen LogP contribution in [-0.4, -0.2) is 77.8 Å². The van der Waals surface area contributed by atoms with Crippen LogP contribution >= 0.6 is 0 Å². The first kappa shape index (κ1) is 36.0. The number of alkyl halides is 6. The fourth-order valence-electron chi connectivity index (χ4n) is 5.63. The third-order valence-corrected chi connectivity index (χ3v) is 8.01. The normalized spacial score (nSPS) is 18.9. The van der Waals surface area contributed by atoms with Gasteiger partial charge < -0.3 is 25.4 Å². The van der Waals surface area contributed by atoms with Crippen molar-refractivity contribution in [2.45, 2.75) is 57.1 Å². The molecular weight excluding hydrogens is 652 g/mol. The summed E-state index contributed by atoms with van der Waals surface area (Å²) in [5.74, 6) is -2.83. The van der Waals surface area contributed by atoms with Crippen molar-refractivity contribution < 1.29 is 55.0 Å². The molecule has 0 spiro atoms. The monoisotopic (exact) mass is 685 g/mol. The number of hydrogen-bond donors (Lipinski definition) is 2. The standard InChI is InChI=1S/C31H33F6N5O6/c1-28(2,48-27(38)46)25(44)39-22(10-12-47-21-14-19(30(32,33)34)13-20(15-21)31(35,36)37)24(43)42-11-9-23-29(17-42,26(45)41(3)40-23)16-18-7-5-4-6-8-18/h4-8,13-15,22H,9-12,16-17H2,1-3H3,(H2,38,46)(H,39,44)/t22?,29-/m1/s1. The number of hydrogen-bond acceptors (Lipinski definition) is 7. The number of amides is 4. The number of nitrogens with one attached hydrogen (secondary N) is 1. The number of hydrazone groups is 1. The SMILES string of the molecule is CN1N=C2CCN(C(=O)C(CCOc3cc(C(F)(F)F)cc(C(F)(F)F)c3)NC(=O)C(C)(C)OC(N)=O)C[C@@]2(Cc2ccccc2)C1=O. The zero-order valence-corrected chi connectivity index (χ0v) is 26.1. The molecule has 1 saturated heterocycles. The predicted molar refractivity (Wildman–Crippen MR) is 157 cm³/mol. The number of fused-ring (bicyclic) bond motifs is 1. The quantitative estimate of drug-likeness (QED) is 0.360. The molecule has 17 heteroatoms. The molecular formula is C31H33F6N5O6. The van der Waals surface area contributed by atoms with Gasteiger partial charge in [-0.15, -0.1) is 0 Å². The fourth-order valence-corrected chi connectivity index (χ4v) is 5.63. The summed E-state index contributed by atoms with van der Waals surface area (Å²) in [6.07, 6.45) is -11.6. The van der Waals surface area contributed by atoms with Crippen molar-refractivity contribution in [3.05, 3.63) is 65.2 Å². The molecule has 0 saturated carbocycles. The molecule has 2 aromatic rings. The second-order valence-electron chi connectivity index (χ2n) is 12.0. The van der Waals surface area contributed by atoms with E-state index in [-0.39, 0.29) is 37.9 Å². The minimum Gasteiger partial charge on any atom is -0.493 e. The average molecular weight is 686 g/mol. The Morgan fingerprint density at radius 3 is 2.19 bits per heavy atom. The molecule has 4 rings (SSSR count). The van der Waals surface area contributed by atoms with Crippen LogP contribution in [0.5, 0.6) is 5.75 Å². The molecule has 48 heavy (non-hydrogen) atoms. The van der Waals surface area contributed by atoms with Gasteiger partial charge in [-0.25, -0.2) is 9.80 Å². The molecule has 1 unspecified atom stereocenters. The molecule has 0 bridgehead atoms. The maximum atomic E-state index is 14.0. The van der Waals surface area contributed by atoms with E-state index in [0.717, 1.165) is 5.56 Å². The van der Waals surface area contributed by atoms with Crippen molar-refractivity contribution >= 4 is 29.5 Å². The third-order valence-electron chi connectivity index (χ3n) is 8.01. The van der Waals surface area contributed by atoms with Crippen LogP contribution in [0.2, 0.25) is 0 Å². The van der Waals surface area contributed by atoms with E-state index >= 15 is 0 Å². The summed E-state index contributed by atoms with van der Waals surface area (Å²) in [6, 6.07) is 8.25. The Bertz CT molecular complexity index is 1560. The van der Waals surface area contributed by atoms with Gasteiger partial charge in [-0.2, -0.15) is 31.4 Å². The van der Waals surface area contributed by atoms with Gasteiger partial charge in [0.15, 0.2) is 5.60 Å². The number of primary amides is 1. The van der Waals surface area contributed by atoms with Crippen LogP contribution in [0.3, 0.4) is 0 Å². The first-order valence-corrected chi connectivity index (χ1v) is 14.6. The van der Waals surface area contributed by atoms with Crippen molar-refractivity contribution in [3.63, 3.8) is 0 Å². The summed E-state index contributed by atoms with van der Waals surface area (Å²) >= 11 is 0. The summed E-state index contributed by atoms with van der Waals surface area (Å²) in [5, 5.41) is 8.02. The summed E-state index contributed by atoms with van der Waals surface area (Å²) in [7, 11) is 1.49. The number of ether oxygens (including phenoxy) is 2. The van der Waals surface area contributed by atoms with Crippen molar-refractivity contribution in [1.29, 1.82) is 0 Å². The Morgan fingerprint density at radius 1 is 1.02 bits per heavy atom. The molecule has 0 radical (unpaired) electrons. The van der Waals surface area contributed by atoms with E-state index in [1.54, 1.807) is 18.2 Å². The number of rotatable bonds is 10. The number of halogens is 6. The molecule has 1 fully saturated rings. The number of piperidine rings is 1. The van der Waals surface area contributed by atoms with Gasteiger partial charge in [-0.1, -0.05) is 30.3 Å². The van der Waals surface area contributed by atoms with E-state index in [1.807, 2.05) is 12.1 Å². The minimum absolute atomic E-state index is 0.0544. The van der Waals surface area contributed by atoms with Gasteiger partial charge in [0.2, 0.25) is 5.91 Å². The Labute approximate surface area is 271 Å². The molecule has 2 heterocycles. The van der Waals surface area contributed by atoms with Crippen LogP contribution in [0, 0.1) is 5.41 Å². The highest BCUT2D eigenvalue weighted by Crippen LogP contribution is 2.40. The molecule has 3 N–H and O–H groups in total. The summed E-state index contributed by atoms with van der Waals surface area (Å²) in [6.45, 7) is 1.70. The molecule has 4 amide bonds. The van der Waals surface area contributed by atoms with Gasteiger partial charge in [0.1, 0.15) is 17.2 Å². The molecule has 2 aliphatic heterocycles. The highest BCUT2D eigenvalue weighted by atomic mass is 19.4. The maximum absolute atomic E-state index is 14.0. The first-order chi connectivity index (χ1) is 22.2. The second kappa shape index (κ2) is 13.4. The Morgan fingerprint density at radius 2 is 1.62 bits per heavy atom. The molecule has 0 aliphatic carbocycles. The smallest absolute Gasteiger partial charge is 0.416 e. The van der Waals surface area contributed by atoms with Crippen LogP contribution < -0.4 is 15.8 Å². The molecule has 2 aliphatic rings. The Hall–Kier alpha value is -4.83. The maximum Gasteiger partial charge on any atom is 0.416 e. The van der Waals surface area contributed by atoms with E-state index in [2.05, 4.69) is 10.4 Å². The number of likely N-dealkylation sites (tertiary alicyclic amines) is 1. The van der Waals surface area contributed by atoms with E-state index in [4.69, 9.17) is 15.2 Å². The van der Waals surface area contributed by atoms with Crippen LogP contribution in [-0.2, 0) is 37.9 Å². The third kappa shape index (κ3) is 7.99. The van der Waals surface area contributed by atoms with Gasteiger partial charge in [0, 0.05) is 33.0 Å². The lowest BCUT2D eigenvalue weighted by atomic mass is 9.73. The number of nitrogens with zero attached hydrogens (tertiary/aromatic N) is 3. The number of nitrogens with two attached hydrogens (primary N) is 1. The van der Waals surface area contributed by atoms with Gasteiger partial charge >= 0.3 is 18.4 Å². The number of benzene rings is 2. The van der Waals surface area contributed by atoms with Crippen molar-refractivity contribution in [2.75, 3.05) is 26.7 Å². The highest BCUT2D eigenvalue weighted by molar-refractivity contribution is 6.13. The van der Waals surface area contributed by atoms with E-state index in [1.165, 1.54) is 30.8 Å². The summed E-state index contributed by atoms with van der Waals surface area (Å²) in [5.41, 5.74) is 0.119. The second-order valence-corrected chi connectivity index (χ2v) is 12.0. The fraction of sp³-hybridized carbons (Fsp3) is 0.452. The van der Waals surface area contributed by atoms with Gasteiger partial charge in [-0.3, -0.25) is 14.4 Å². The Kier molecular flexibility index (Phi) is 10.0. The molecule has 0 aromatic heterocycles. The minimum atomic E-state index is -5.12. The molecule has 11 nitrogen and oxygen atoms in total. The van der Waals surface area contributed by atoms with Crippen LogP contribution in [0.25, 0.3) is 0 Å². The number of carbonyl (C=O) groups is 4. The van der Waals surface area contributed by atoms with Gasteiger partial charge in [0.25, 0.3) is 11.8 Å². The largest absolute Gasteiger partial charge is 0.493 e. The zero-order valence-electron chi connectivity index (χ0n) is 26.1. The predicted octanol–water partition coefficient (Wildman–Crippen LogP) is 4.14. The van der Waals surface area contributed by atoms with E-state index in [9.17, 15) is 45.5 Å². The van der Waals surface area contributed by atoms with Crippen LogP contribution in [0.1, 0.15) is 43.4 Å². The molecule has 260 valence electrons. The summed E-state index contributed by atoms with van der Waals surface area (Å²) < 4.78 is 90.3. The van der Waals surface area contributed by atoms with Crippen molar-refractivity contribution in [3.8, 4) is 5.75 Å². The van der Waals surface area contributed by atoms with Crippen molar-refractivity contribution in [2.24, 2.45) is 16.3 Å². The Balaban J connectivity index is 1.61. The van der Waals surface area contributed by atoms with Crippen LogP contribution in [0.4, 0.5) is 31.1 Å². The van der Waals surface area contributed by atoms with Gasteiger partial charge in [-0.05, 0) is 44.0 Å². The van der Waals surface area contributed by atoms with E-state index in [0.29, 0.717) is 17.8 Å². The lowest BCUT2D eigenvalue weighted by Gasteiger charge is -2.41. The topological polar surface area (TPSA) is 144 Å². The highest BCUT2D eigenvalue weighted by Gasteiger charge is 2.54.